The molecule has 0 fully saturated rings. The highest BCUT2D eigenvalue weighted by Crippen LogP contribution is 2.24. The van der Waals surface area contributed by atoms with E-state index >= 15 is 0 Å². The minimum atomic E-state index is -0.557. The average molecular weight is 270 g/mol. The van der Waals surface area contributed by atoms with Crippen LogP contribution in [0.2, 0.25) is 5.02 Å². The predicted octanol–water partition coefficient (Wildman–Crippen LogP) is 2.03. The number of halogens is 1. The van der Waals surface area contributed by atoms with Crippen molar-refractivity contribution in [3.05, 3.63) is 38.9 Å². The van der Waals surface area contributed by atoms with Crippen molar-refractivity contribution < 1.29 is 14.5 Å². The van der Waals surface area contributed by atoms with Gasteiger partial charge in [0.15, 0.2) is 0 Å². The Hall–Kier alpha value is -2.15. The van der Waals surface area contributed by atoms with Crippen LogP contribution in [0.1, 0.15) is 5.56 Å². The maximum atomic E-state index is 11.3. The summed E-state index contributed by atoms with van der Waals surface area (Å²) in [6.07, 6.45) is -0.547. The average Bonchev–Trinajstić information content (AvgIpc) is 2.32. The lowest BCUT2D eigenvalue weighted by molar-refractivity contribution is -0.384. The Kier molecular flexibility index (Phi) is 3.15. The molecule has 8 heteroatoms. The van der Waals surface area contributed by atoms with E-state index in [0.717, 1.165) is 0 Å². The zero-order valence-corrected chi connectivity index (χ0v) is 10.0. The fourth-order valence-corrected chi connectivity index (χ4v) is 1.61. The molecule has 1 aliphatic rings. The number of hydrogen-bond acceptors (Lipinski definition) is 5. The molecule has 0 saturated heterocycles. The summed E-state index contributed by atoms with van der Waals surface area (Å²) in [5, 5.41) is 10.7. The van der Waals surface area contributed by atoms with Crippen LogP contribution in [-0.2, 0) is 4.74 Å². The molecule has 0 saturated carbocycles. The second-order valence-electron chi connectivity index (χ2n) is 3.59. The predicted molar refractivity (Wildman–Crippen MR) is 63.8 cm³/mol. The van der Waals surface area contributed by atoms with Crippen LogP contribution in [0.5, 0.6) is 0 Å². The molecule has 1 amide bonds. The molecule has 0 aromatic heterocycles. The van der Waals surface area contributed by atoms with Gasteiger partial charge < -0.3 is 4.74 Å². The Morgan fingerprint density at radius 3 is 2.83 bits per heavy atom. The molecule has 18 heavy (non-hydrogen) atoms. The Morgan fingerprint density at radius 1 is 1.56 bits per heavy atom. The smallest absolute Gasteiger partial charge is 0.391 e. The van der Waals surface area contributed by atoms with E-state index in [-0.39, 0.29) is 23.3 Å². The highest BCUT2D eigenvalue weighted by atomic mass is 35.5. The topological polar surface area (TPSA) is 85.0 Å². The first kappa shape index (κ1) is 12.3. The molecule has 1 aliphatic heterocycles. The Morgan fingerprint density at radius 2 is 2.28 bits per heavy atom. The minimum Gasteiger partial charge on any atom is -0.391 e. The van der Waals surface area contributed by atoms with Crippen molar-refractivity contribution in [3.8, 4) is 0 Å². The van der Waals surface area contributed by atoms with Crippen molar-refractivity contribution in [1.29, 1.82) is 0 Å². The van der Waals surface area contributed by atoms with E-state index in [1.165, 1.54) is 23.1 Å². The molecule has 0 unspecified atom stereocenters. The van der Waals surface area contributed by atoms with Gasteiger partial charge in [0.25, 0.3) is 5.69 Å². The summed E-state index contributed by atoms with van der Waals surface area (Å²) in [7, 11) is 1.54. The molecule has 1 heterocycles. The fourth-order valence-electron chi connectivity index (χ4n) is 1.35. The van der Waals surface area contributed by atoms with Gasteiger partial charge in [0.05, 0.1) is 15.5 Å². The van der Waals surface area contributed by atoms with Crippen LogP contribution in [0.4, 0.5) is 10.5 Å². The number of nitro groups is 1. The van der Waals surface area contributed by atoms with Crippen LogP contribution in [0, 0.1) is 10.1 Å². The lowest BCUT2D eigenvalue weighted by atomic mass is 10.2. The third-order valence-electron chi connectivity index (χ3n) is 2.32. The SMILES string of the molecule is CN1CN=C(c2ccc([N+](=O)[O-])cc2Cl)OC1=O. The summed E-state index contributed by atoms with van der Waals surface area (Å²) < 4.78 is 4.95. The quantitative estimate of drug-likeness (QED) is 0.607. The summed E-state index contributed by atoms with van der Waals surface area (Å²) in [6, 6.07) is 3.86. The first-order chi connectivity index (χ1) is 8.49. The van der Waals surface area contributed by atoms with Gasteiger partial charge in [0.1, 0.15) is 6.67 Å². The molecule has 1 aromatic rings. The molecular formula is C10H8ClN3O4. The minimum absolute atomic E-state index is 0.0676. The molecule has 0 aliphatic carbocycles. The van der Waals surface area contributed by atoms with Crippen LogP contribution < -0.4 is 0 Å². The zero-order valence-electron chi connectivity index (χ0n) is 9.29. The van der Waals surface area contributed by atoms with Gasteiger partial charge in [-0.25, -0.2) is 9.79 Å². The summed E-state index contributed by atoms with van der Waals surface area (Å²) >= 11 is 5.90. The maximum absolute atomic E-state index is 11.3. The number of benzene rings is 1. The molecular weight excluding hydrogens is 262 g/mol. The van der Waals surface area contributed by atoms with E-state index in [4.69, 9.17) is 16.3 Å². The largest absolute Gasteiger partial charge is 0.417 e. The highest BCUT2D eigenvalue weighted by Gasteiger charge is 2.23. The number of nitrogens with zero attached hydrogens (tertiary/aromatic N) is 3. The van der Waals surface area contributed by atoms with Gasteiger partial charge in [-0.15, -0.1) is 0 Å². The molecule has 0 spiro atoms. The van der Waals surface area contributed by atoms with Crippen molar-refractivity contribution in [2.24, 2.45) is 4.99 Å². The van der Waals surface area contributed by atoms with Gasteiger partial charge in [-0.3, -0.25) is 15.0 Å². The van der Waals surface area contributed by atoms with E-state index < -0.39 is 11.0 Å². The normalized spacial score (nSPS) is 15.1. The van der Waals surface area contributed by atoms with Gasteiger partial charge in [0.2, 0.25) is 5.90 Å². The third-order valence-corrected chi connectivity index (χ3v) is 2.63. The van der Waals surface area contributed by atoms with E-state index in [1.807, 2.05) is 0 Å². The summed E-state index contributed by atoms with van der Waals surface area (Å²) in [4.78, 5) is 26.6. The standard InChI is InChI=1S/C10H8ClN3O4/c1-13-5-12-9(18-10(13)15)7-3-2-6(14(16)17)4-8(7)11/h2-4H,5H2,1H3. The highest BCUT2D eigenvalue weighted by molar-refractivity contribution is 6.34. The zero-order chi connectivity index (χ0) is 13.3. The number of cyclic esters (lactones) is 1. The van der Waals surface area contributed by atoms with Gasteiger partial charge in [-0.2, -0.15) is 0 Å². The number of carbonyl (C=O) groups excluding carboxylic acids is 1. The summed E-state index contributed by atoms with van der Waals surface area (Å²) in [5.74, 6) is 0.0676. The van der Waals surface area contributed by atoms with Crippen LogP contribution in [0.3, 0.4) is 0 Å². The molecule has 7 nitrogen and oxygen atoms in total. The van der Waals surface area contributed by atoms with Crippen molar-refractivity contribution in [2.45, 2.75) is 0 Å². The third kappa shape index (κ3) is 2.25. The monoisotopic (exact) mass is 269 g/mol. The van der Waals surface area contributed by atoms with Gasteiger partial charge >= 0.3 is 6.09 Å². The fraction of sp³-hybridized carbons (Fsp3) is 0.200. The van der Waals surface area contributed by atoms with E-state index in [1.54, 1.807) is 7.05 Å². The lowest BCUT2D eigenvalue weighted by Crippen LogP contribution is -2.35. The molecule has 2 rings (SSSR count). The Labute approximate surface area is 107 Å². The second-order valence-corrected chi connectivity index (χ2v) is 4.00. The van der Waals surface area contributed by atoms with Crippen LogP contribution in [0.15, 0.2) is 23.2 Å². The van der Waals surface area contributed by atoms with E-state index in [9.17, 15) is 14.9 Å². The van der Waals surface area contributed by atoms with Crippen LogP contribution in [0.25, 0.3) is 0 Å². The van der Waals surface area contributed by atoms with Crippen LogP contribution in [-0.4, -0.2) is 35.5 Å². The number of rotatable bonds is 2. The van der Waals surface area contributed by atoms with Crippen molar-refractivity contribution in [3.63, 3.8) is 0 Å². The molecule has 0 radical (unpaired) electrons. The van der Waals surface area contributed by atoms with Crippen molar-refractivity contribution in [1.82, 2.24) is 4.90 Å². The number of aliphatic imine (C=N–C) groups is 1. The first-order valence-electron chi connectivity index (χ1n) is 4.91. The number of carbonyl (C=O) groups is 1. The summed E-state index contributed by atoms with van der Waals surface area (Å²) in [5.41, 5.74) is 0.215. The number of nitro benzene ring substituents is 1. The van der Waals surface area contributed by atoms with Gasteiger partial charge in [-0.1, -0.05) is 11.6 Å². The van der Waals surface area contributed by atoms with E-state index in [0.29, 0.717) is 5.56 Å². The Bertz CT molecular complexity index is 558. The molecule has 0 atom stereocenters. The molecule has 0 N–H and O–H groups in total. The van der Waals surface area contributed by atoms with Crippen molar-refractivity contribution >= 4 is 29.3 Å². The maximum Gasteiger partial charge on any atom is 0.417 e. The van der Waals surface area contributed by atoms with Gasteiger partial charge in [-0.05, 0) is 6.07 Å². The number of hydrogen-bond donors (Lipinski definition) is 0. The van der Waals surface area contributed by atoms with Crippen LogP contribution >= 0.6 is 11.6 Å². The lowest BCUT2D eigenvalue weighted by Gasteiger charge is -2.21. The molecule has 0 bridgehead atoms. The van der Waals surface area contributed by atoms with Crippen molar-refractivity contribution in [2.75, 3.05) is 13.7 Å². The number of ether oxygens (including phenoxy) is 1. The molecule has 94 valence electrons. The summed E-state index contributed by atoms with van der Waals surface area (Å²) in [6.45, 7) is 0.154. The number of non-ortho nitro benzene ring substituents is 1. The number of amides is 1. The van der Waals surface area contributed by atoms with Gasteiger partial charge in [0, 0.05) is 19.2 Å². The second kappa shape index (κ2) is 4.61. The first-order valence-corrected chi connectivity index (χ1v) is 5.28. The molecule has 1 aromatic carbocycles. The van der Waals surface area contributed by atoms with E-state index in [2.05, 4.69) is 4.99 Å². The Balaban J connectivity index is 2.35.